The van der Waals surface area contributed by atoms with Crippen LogP contribution in [0.15, 0.2) is 18.2 Å². The Bertz CT molecular complexity index is 445. The Balaban J connectivity index is 2.53. The molecular formula is C14H20F2N2O. The molecule has 3 nitrogen and oxygen atoms in total. The highest BCUT2D eigenvalue weighted by Crippen LogP contribution is 2.11. The van der Waals surface area contributed by atoms with Crippen molar-refractivity contribution in [2.45, 2.75) is 38.6 Å². The van der Waals surface area contributed by atoms with E-state index in [0.29, 0.717) is 12.1 Å². The van der Waals surface area contributed by atoms with Gasteiger partial charge in [0.15, 0.2) is 11.6 Å². The molecule has 0 bridgehead atoms. The van der Waals surface area contributed by atoms with E-state index >= 15 is 0 Å². The third kappa shape index (κ3) is 4.59. The lowest BCUT2D eigenvalue weighted by molar-refractivity contribution is -0.120. The van der Waals surface area contributed by atoms with Gasteiger partial charge in [-0.05, 0) is 30.5 Å². The van der Waals surface area contributed by atoms with Gasteiger partial charge in [0.1, 0.15) is 0 Å². The highest BCUT2D eigenvalue weighted by Gasteiger charge is 2.20. The van der Waals surface area contributed by atoms with Crippen LogP contribution in [0.1, 0.15) is 32.3 Å². The van der Waals surface area contributed by atoms with Crippen molar-refractivity contribution in [3.05, 3.63) is 35.4 Å². The number of hydrogen-bond donors (Lipinski definition) is 2. The summed E-state index contributed by atoms with van der Waals surface area (Å²) in [6.45, 7) is 4.30. The predicted molar refractivity (Wildman–Crippen MR) is 70.6 cm³/mol. The first-order valence-corrected chi connectivity index (χ1v) is 6.39. The lowest BCUT2D eigenvalue weighted by Crippen LogP contribution is -2.49. The molecule has 0 atom stereocenters. The lowest BCUT2D eigenvalue weighted by Gasteiger charge is -2.26. The zero-order valence-corrected chi connectivity index (χ0v) is 11.3. The van der Waals surface area contributed by atoms with Gasteiger partial charge in [-0.3, -0.25) is 4.79 Å². The minimum absolute atomic E-state index is 0.0146. The molecule has 1 aromatic rings. The molecule has 0 unspecified atom stereocenters. The Hall–Kier alpha value is -1.49. The maximum Gasteiger partial charge on any atom is 0.224 e. The molecule has 0 spiro atoms. The van der Waals surface area contributed by atoms with Crippen molar-refractivity contribution in [3.8, 4) is 0 Å². The first kappa shape index (κ1) is 15.6. The van der Waals surface area contributed by atoms with E-state index < -0.39 is 17.2 Å². The minimum Gasteiger partial charge on any atom is -0.354 e. The summed E-state index contributed by atoms with van der Waals surface area (Å²) >= 11 is 0. The Morgan fingerprint density at radius 2 is 1.89 bits per heavy atom. The van der Waals surface area contributed by atoms with Crippen LogP contribution in [-0.2, 0) is 11.2 Å². The zero-order chi connectivity index (χ0) is 14.5. The smallest absolute Gasteiger partial charge is 0.224 e. The number of hydrogen-bond acceptors (Lipinski definition) is 2. The average Bonchev–Trinajstić information content (AvgIpc) is 2.40. The number of nitrogens with one attached hydrogen (secondary N) is 1. The van der Waals surface area contributed by atoms with Gasteiger partial charge in [0.05, 0.1) is 6.42 Å². The number of amides is 1. The van der Waals surface area contributed by atoms with Gasteiger partial charge >= 0.3 is 0 Å². The number of halogens is 2. The highest BCUT2D eigenvalue weighted by atomic mass is 19.2. The summed E-state index contributed by atoms with van der Waals surface area (Å²) in [7, 11) is 0. The molecule has 0 aliphatic carbocycles. The third-order valence-electron chi connectivity index (χ3n) is 3.39. The summed E-state index contributed by atoms with van der Waals surface area (Å²) in [6.07, 6.45) is 1.53. The Morgan fingerprint density at radius 1 is 1.26 bits per heavy atom. The first-order valence-electron chi connectivity index (χ1n) is 6.39. The van der Waals surface area contributed by atoms with E-state index in [-0.39, 0.29) is 12.3 Å². The standard InChI is InChI=1S/C14H20F2N2O/c1-3-14(17,4-2)9-18-13(19)8-10-5-6-11(15)12(16)7-10/h5-7H,3-4,8-9,17H2,1-2H3,(H,18,19). The van der Waals surface area contributed by atoms with Gasteiger partial charge in [0, 0.05) is 12.1 Å². The molecule has 1 amide bonds. The van der Waals surface area contributed by atoms with Gasteiger partial charge in [-0.1, -0.05) is 19.9 Å². The molecule has 0 fully saturated rings. The van der Waals surface area contributed by atoms with Gasteiger partial charge in [-0.25, -0.2) is 8.78 Å². The van der Waals surface area contributed by atoms with Crippen LogP contribution in [0.25, 0.3) is 0 Å². The quantitative estimate of drug-likeness (QED) is 0.832. The largest absolute Gasteiger partial charge is 0.354 e. The van der Waals surface area contributed by atoms with Crippen LogP contribution < -0.4 is 11.1 Å². The molecule has 0 aromatic heterocycles. The molecule has 0 saturated heterocycles. The Kier molecular flexibility index (Phi) is 5.42. The Morgan fingerprint density at radius 3 is 2.42 bits per heavy atom. The maximum atomic E-state index is 13.0. The van der Waals surface area contributed by atoms with E-state index in [1.54, 1.807) is 0 Å². The van der Waals surface area contributed by atoms with E-state index in [1.165, 1.54) is 6.07 Å². The maximum absolute atomic E-state index is 13.0. The van der Waals surface area contributed by atoms with Gasteiger partial charge < -0.3 is 11.1 Å². The van der Waals surface area contributed by atoms with Crippen LogP contribution in [0.3, 0.4) is 0 Å². The van der Waals surface area contributed by atoms with Gasteiger partial charge in [0.25, 0.3) is 0 Å². The van der Waals surface area contributed by atoms with Crippen LogP contribution in [0.5, 0.6) is 0 Å². The van der Waals surface area contributed by atoms with E-state index in [1.807, 2.05) is 13.8 Å². The monoisotopic (exact) mass is 270 g/mol. The summed E-state index contributed by atoms with van der Waals surface area (Å²) < 4.78 is 25.7. The molecule has 0 aliphatic rings. The van der Waals surface area contributed by atoms with Crippen LogP contribution in [0, 0.1) is 11.6 Å². The normalized spacial score (nSPS) is 11.4. The number of nitrogens with two attached hydrogens (primary N) is 1. The second kappa shape index (κ2) is 6.61. The van der Waals surface area contributed by atoms with Crippen molar-refractivity contribution >= 4 is 5.91 Å². The molecule has 1 aromatic carbocycles. The predicted octanol–water partition coefficient (Wildman–Crippen LogP) is 2.14. The first-order chi connectivity index (χ1) is 8.90. The number of carbonyl (C=O) groups is 1. The Labute approximate surface area is 112 Å². The molecule has 0 heterocycles. The topological polar surface area (TPSA) is 55.1 Å². The molecular weight excluding hydrogens is 250 g/mol. The molecule has 0 radical (unpaired) electrons. The number of carbonyl (C=O) groups excluding carboxylic acids is 1. The van der Waals surface area contributed by atoms with Gasteiger partial charge in [0.2, 0.25) is 5.91 Å². The van der Waals surface area contributed by atoms with E-state index in [4.69, 9.17) is 5.73 Å². The van der Waals surface area contributed by atoms with Crippen molar-refractivity contribution in [1.29, 1.82) is 0 Å². The van der Waals surface area contributed by atoms with E-state index in [2.05, 4.69) is 5.32 Å². The van der Waals surface area contributed by atoms with Crippen molar-refractivity contribution < 1.29 is 13.6 Å². The summed E-state index contributed by atoms with van der Waals surface area (Å²) in [5.41, 5.74) is 6.08. The lowest BCUT2D eigenvalue weighted by atomic mass is 9.94. The molecule has 0 aliphatic heterocycles. The van der Waals surface area contributed by atoms with Gasteiger partial charge in [-0.2, -0.15) is 0 Å². The van der Waals surface area contributed by atoms with Crippen LogP contribution in [-0.4, -0.2) is 18.0 Å². The minimum atomic E-state index is -0.944. The van der Waals surface area contributed by atoms with Crippen molar-refractivity contribution in [3.63, 3.8) is 0 Å². The zero-order valence-electron chi connectivity index (χ0n) is 11.3. The fourth-order valence-corrected chi connectivity index (χ4v) is 1.67. The molecule has 3 N–H and O–H groups in total. The summed E-state index contributed by atoms with van der Waals surface area (Å²) in [5, 5.41) is 2.73. The van der Waals surface area contributed by atoms with Crippen LogP contribution in [0.2, 0.25) is 0 Å². The highest BCUT2D eigenvalue weighted by molar-refractivity contribution is 5.78. The molecule has 0 saturated carbocycles. The van der Waals surface area contributed by atoms with Crippen molar-refractivity contribution in [2.75, 3.05) is 6.54 Å². The number of benzene rings is 1. The number of rotatable bonds is 6. The fraction of sp³-hybridized carbons (Fsp3) is 0.500. The third-order valence-corrected chi connectivity index (χ3v) is 3.39. The van der Waals surface area contributed by atoms with Crippen molar-refractivity contribution in [2.24, 2.45) is 5.73 Å². The average molecular weight is 270 g/mol. The summed E-state index contributed by atoms with van der Waals surface area (Å²) in [6, 6.07) is 3.45. The van der Waals surface area contributed by atoms with Crippen LogP contribution >= 0.6 is 0 Å². The van der Waals surface area contributed by atoms with Crippen LogP contribution in [0.4, 0.5) is 8.78 Å². The van der Waals surface area contributed by atoms with E-state index in [0.717, 1.165) is 25.0 Å². The second-order valence-electron chi connectivity index (χ2n) is 4.77. The fourth-order valence-electron chi connectivity index (χ4n) is 1.67. The summed E-state index contributed by atoms with van der Waals surface area (Å²) in [5.74, 6) is -2.11. The SMILES string of the molecule is CCC(N)(CC)CNC(=O)Cc1ccc(F)c(F)c1. The summed E-state index contributed by atoms with van der Waals surface area (Å²) in [4.78, 5) is 11.7. The van der Waals surface area contributed by atoms with Gasteiger partial charge in [-0.15, -0.1) is 0 Å². The van der Waals surface area contributed by atoms with Crippen molar-refractivity contribution in [1.82, 2.24) is 5.32 Å². The molecule has 1 rings (SSSR count). The van der Waals surface area contributed by atoms with E-state index in [9.17, 15) is 13.6 Å². The molecule has 19 heavy (non-hydrogen) atoms. The molecule has 106 valence electrons. The molecule has 5 heteroatoms. The second-order valence-corrected chi connectivity index (χ2v) is 4.77.